The summed E-state index contributed by atoms with van der Waals surface area (Å²) in [5.41, 5.74) is -0.289. The molecule has 3 heterocycles. The van der Waals surface area contributed by atoms with Crippen molar-refractivity contribution in [3.05, 3.63) is 27.2 Å². The summed E-state index contributed by atoms with van der Waals surface area (Å²) in [5, 5.41) is 0. The quantitative estimate of drug-likeness (QED) is 0.709. The molecule has 25 heavy (non-hydrogen) atoms. The molecule has 1 aliphatic heterocycles. The van der Waals surface area contributed by atoms with Gasteiger partial charge in [-0.05, 0) is 26.9 Å². The van der Waals surface area contributed by atoms with E-state index in [0.29, 0.717) is 24.8 Å². The molecule has 3 rings (SSSR count). The largest absolute Gasteiger partial charge is 0.341 e. The second-order valence-corrected chi connectivity index (χ2v) is 6.83. The standard InChI is InChI=1S/C16H24N6O3/c1-18(2)11-5-7-21(8-6-11)12(23)9-22-10-17-14-13(22)15(24)20(4)16(25)19(14)3/h10-11H,5-9H2,1-4H3. The maximum atomic E-state index is 12.6. The number of carbonyl (C=O) groups is 1. The fourth-order valence-corrected chi connectivity index (χ4v) is 3.39. The van der Waals surface area contributed by atoms with Crippen molar-refractivity contribution in [2.75, 3.05) is 27.2 Å². The van der Waals surface area contributed by atoms with Crippen LogP contribution in [-0.4, -0.2) is 67.6 Å². The SMILES string of the molecule is CN(C)C1CCN(C(=O)Cn2cnc3c2c(=O)n(C)c(=O)n3C)CC1. The molecule has 0 bridgehead atoms. The van der Waals surface area contributed by atoms with Crippen LogP contribution in [0.2, 0.25) is 0 Å². The molecular formula is C16H24N6O3. The number of aryl methyl sites for hydroxylation is 1. The van der Waals surface area contributed by atoms with Crippen LogP contribution in [0.4, 0.5) is 0 Å². The minimum Gasteiger partial charge on any atom is -0.341 e. The first-order valence-corrected chi connectivity index (χ1v) is 8.36. The van der Waals surface area contributed by atoms with Gasteiger partial charge in [0.05, 0.1) is 6.33 Å². The van der Waals surface area contributed by atoms with Crippen molar-refractivity contribution in [1.82, 2.24) is 28.5 Å². The number of nitrogens with zero attached hydrogens (tertiary/aromatic N) is 6. The van der Waals surface area contributed by atoms with Gasteiger partial charge >= 0.3 is 5.69 Å². The van der Waals surface area contributed by atoms with E-state index in [0.717, 1.165) is 17.4 Å². The first-order valence-electron chi connectivity index (χ1n) is 8.36. The molecule has 0 N–H and O–H groups in total. The Labute approximate surface area is 145 Å². The van der Waals surface area contributed by atoms with Gasteiger partial charge in [0, 0.05) is 33.2 Å². The fraction of sp³-hybridized carbons (Fsp3) is 0.625. The third-order valence-corrected chi connectivity index (χ3v) is 5.07. The second kappa shape index (κ2) is 6.47. The normalized spacial score (nSPS) is 16.1. The van der Waals surface area contributed by atoms with E-state index in [1.165, 1.54) is 22.5 Å². The van der Waals surface area contributed by atoms with Crippen molar-refractivity contribution in [1.29, 1.82) is 0 Å². The molecule has 0 spiro atoms. The highest BCUT2D eigenvalue weighted by molar-refractivity contribution is 5.79. The molecule has 9 nitrogen and oxygen atoms in total. The van der Waals surface area contributed by atoms with Gasteiger partial charge in [0.2, 0.25) is 5.91 Å². The topological polar surface area (TPSA) is 85.4 Å². The first-order chi connectivity index (χ1) is 11.8. The van der Waals surface area contributed by atoms with Gasteiger partial charge in [0.1, 0.15) is 6.54 Å². The highest BCUT2D eigenvalue weighted by atomic mass is 16.2. The predicted octanol–water partition coefficient (Wildman–Crippen LogP) is -1.01. The summed E-state index contributed by atoms with van der Waals surface area (Å²) in [4.78, 5) is 45.2. The molecule has 0 radical (unpaired) electrons. The van der Waals surface area contributed by atoms with Crippen molar-refractivity contribution in [3.8, 4) is 0 Å². The van der Waals surface area contributed by atoms with Crippen molar-refractivity contribution >= 4 is 17.1 Å². The highest BCUT2D eigenvalue weighted by Crippen LogP contribution is 2.15. The van der Waals surface area contributed by atoms with E-state index in [2.05, 4.69) is 24.0 Å². The van der Waals surface area contributed by atoms with E-state index >= 15 is 0 Å². The molecule has 2 aromatic heterocycles. The molecule has 1 fully saturated rings. The van der Waals surface area contributed by atoms with Gasteiger partial charge in [-0.15, -0.1) is 0 Å². The Morgan fingerprint density at radius 3 is 2.44 bits per heavy atom. The van der Waals surface area contributed by atoms with Crippen LogP contribution in [-0.2, 0) is 25.4 Å². The molecule has 1 amide bonds. The average Bonchev–Trinajstić information content (AvgIpc) is 3.01. The molecule has 1 saturated heterocycles. The van der Waals surface area contributed by atoms with E-state index in [-0.39, 0.29) is 18.0 Å². The van der Waals surface area contributed by atoms with Crippen LogP contribution in [0.3, 0.4) is 0 Å². The predicted molar refractivity (Wildman–Crippen MR) is 93.5 cm³/mol. The minimum atomic E-state index is -0.435. The van der Waals surface area contributed by atoms with Gasteiger partial charge in [0.15, 0.2) is 11.2 Å². The average molecular weight is 348 g/mol. The van der Waals surface area contributed by atoms with Crippen LogP contribution in [0, 0.1) is 0 Å². The lowest BCUT2D eigenvalue weighted by Crippen LogP contribution is -2.45. The molecule has 0 aliphatic carbocycles. The number of likely N-dealkylation sites (tertiary alicyclic amines) is 1. The summed E-state index contributed by atoms with van der Waals surface area (Å²) < 4.78 is 3.89. The van der Waals surface area contributed by atoms with Crippen molar-refractivity contribution in [2.24, 2.45) is 14.1 Å². The number of carbonyl (C=O) groups excluding carboxylic acids is 1. The van der Waals surface area contributed by atoms with Gasteiger partial charge in [-0.3, -0.25) is 18.7 Å². The van der Waals surface area contributed by atoms with E-state index in [1.54, 1.807) is 7.05 Å². The Balaban J connectivity index is 1.84. The van der Waals surface area contributed by atoms with Gasteiger partial charge in [-0.25, -0.2) is 9.78 Å². The zero-order valence-corrected chi connectivity index (χ0v) is 15.1. The van der Waals surface area contributed by atoms with Crippen LogP contribution in [0.1, 0.15) is 12.8 Å². The number of imidazole rings is 1. The number of aromatic nitrogens is 4. The number of hydrogen-bond acceptors (Lipinski definition) is 5. The lowest BCUT2D eigenvalue weighted by atomic mass is 10.0. The fourth-order valence-electron chi connectivity index (χ4n) is 3.39. The van der Waals surface area contributed by atoms with Crippen molar-refractivity contribution < 1.29 is 4.79 Å². The van der Waals surface area contributed by atoms with Crippen LogP contribution >= 0.6 is 0 Å². The van der Waals surface area contributed by atoms with Gasteiger partial charge in [0.25, 0.3) is 5.56 Å². The Kier molecular flexibility index (Phi) is 4.51. The first kappa shape index (κ1) is 17.4. The van der Waals surface area contributed by atoms with Gasteiger partial charge < -0.3 is 14.4 Å². The zero-order chi connectivity index (χ0) is 18.3. The lowest BCUT2D eigenvalue weighted by molar-refractivity contribution is -0.133. The highest BCUT2D eigenvalue weighted by Gasteiger charge is 2.25. The van der Waals surface area contributed by atoms with Gasteiger partial charge in [-0.1, -0.05) is 0 Å². The van der Waals surface area contributed by atoms with E-state index in [4.69, 9.17) is 0 Å². The van der Waals surface area contributed by atoms with E-state index in [9.17, 15) is 14.4 Å². The van der Waals surface area contributed by atoms with E-state index in [1.807, 2.05) is 4.90 Å². The van der Waals surface area contributed by atoms with Crippen molar-refractivity contribution in [2.45, 2.75) is 25.4 Å². The van der Waals surface area contributed by atoms with Crippen molar-refractivity contribution in [3.63, 3.8) is 0 Å². The third-order valence-electron chi connectivity index (χ3n) is 5.07. The molecular weight excluding hydrogens is 324 g/mol. The molecule has 0 unspecified atom stereocenters. The number of piperidine rings is 1. The lowest BCUT2D eigenvalue weighted by Gasteiger charge is -2.35. The molecule has 2 aromatic rings. The Morgan fingerprint density at radius 1 is 1.20 bits per heavy atom. The Hall–Kier alpha value is -2.42. The summed E-state index contributed by atoms with van der Waals surface area (Å²) in [5.74, 6) is -0.0348. The zero-order valence-electron chi connectivity index (χ0n) is 15.1. The second-order valence-electron chi connectivity index (χ2n) is 6.83. The number of hydrogen-bond donors (Lipinski definition) is 0. The van der Waals surface area contributed by atoms with Crippen LogP contribution in [0.15, 0.2) is 15.9 Å². The van der Waals surface area contributed by atoms with Crippen LogP contribution < -0.4 is 11.2 Å². The summed E-state index contributed by atoms with van der Waals surface area (Å²) >= 11 is 0. The van der Waals surface area contributed by atoms with Gasteiger partial charge in [-0.2, -0.15) is 0 Å². The molecule has 9 heteroatoms. The van der Waals surface area contributed by atoms with E-state index < -0.39 is 11.2 Å². The van der Waals surface area contributed by atoms with Crippen LogP contribution in [0.5, 0.6) is 0 Å². The summed E-state index contributed by atoms with van der Waals surface area (Å²) in [6.45, 7) is 1.48. The monoisotopic (exact) mass is 348 g/mol. The molecule has 1 aliphatic rings. The Bertz CT molecular complexity index is 914. The Morgan fingerprint density at radius 2 is 1.84 bits per heavy atom. The maximum absolute atomic E-state index is 12.6. The summed E-state index contributed by atoms with van der Waals surface area (Å²) in [6, 6.07) is 0.500. The number of fused-ring (bicyclic) bond motifs is 1. The number of rotatable bonds is 3. The third kappa shape index (κ3) is 2.99. The molecule has 136 valence electrons. The molecule has 0 saturated carbocycles. The molecule has 0 aromatic carbocycles. The number of amides is 1. The summed E-state index contributed by atoms with van der Waals surface area (Å²) in [7, 11) is 7.10. The minimum absolute atomic E-state index is 0.0348. The summed E-state index contributed by atoms with van der Waals surface area (Å²) in [6.07, 6.45) is 3.34. The smallest absolute Gasteiger partial charge is 0.332 e. The van der Waals surface area contributed by atoms with Crippen LogP contribution in [0.25, 0.3) is 11.2 Å². The maximum Gasteiger partial charge on any atom is 0.332 e. The molecule has 0 atom stereocenters.